The number of hydrogen-bond donors (Lipinski definition) is 1. The van der Waals surface area contributed by atoms with Gasteiger partial charge < -0.3 is 5.32 Å². The predicted molar refractivity (Wildman–Crippen MR) is 70.6 cm³/mol. The summed E-state index contributed by atoms with van der Waals surface area (Å²) in [7, 11) is 0. The standard InChI is InChI=1S/C14H24N2/c1-3-5-6-13(4-2)7-12-16-14-8-10-15-11-9-14/h8-11,13H,3-7,12H2,1-2H3,(H,15,16). The molecule has 0 aliphatic rings. The summed E-state index contributed by atoms with van der Waals surface area (Å²) >= 11 is 0. The zero-order chi connectivity index (χ0) is 11.6. The molecule has 1 aromatic rings. The molecular weight excluding hydrogens is 196 g/mol. The van der Waals surface area contributed by atoms with E-state index in [2.05, 4.69) is 24.1 Å². The van der Waals surface area contributed by atoms with Crippen molar-refractivity contribution in [2.45, 2.75) is 46.0 Å². The van der Waals surface area contributed by atoms with Gasteiger partial charge in [0, 0.05) is 24.6 Å². The molecule has 0 aliphatic heterocycles. The second-order valence-electron chi connectivity index (χ2n) is 4.37. The Bertz CT molecular complexity index is 259. The van der Waals surface area contributed by atoms with Gasteiger partial charge in [-0.15, -0.1) is 0 Å². The van der Waals surface area contributed by atoms with Gasteiger partial charge in [-0.1, -0.05) is 39.5 Å². The van der Waals surface area contributed by atoms with Crippen molar-refractivity contribution in [1.29, 1.82) is 0 Å². The lowest BCUT2D eigenvalue weighted by Crippen LogP contribution is -2.08. The lowest BCUT2D eigenvalue weighted by atomic mass is 9.96. The van der Waals surface area contributed by atoms with Crippen molar-refractivity contribution in [2.75, 3.05) is 11.9 Å². The van der Waals surface area contributed by atoms with Gasteiger partial charge in [0.25, 0.3) is 0 Å². The van der Waals surface area contributed by atoms with Crippen LogP contribution in [0.2, 0.25) is 0 Å². The Morgan fingerprint density at radius 1 is 1.19 bits per heavy atom. The van der Waals surface area contributed by atoms with E-state index in [9.17, 15) is 0 Å². The third-order valence-electron chi connectivity index (χ3n) is 3.11. The predicted octanol–water partition coefficient (Wildman–Crippen LogP) is 4.10. The van der Waals surface area contributed by atoms with E-state index in [0.29, 0.717) is 0 Å². The molecule has 90 valence electrons. The van der Waals surface area contributed by atoms with E-state index in [1.54, 1.807) is 0 Å². The zero-order valence-electron chi connectivity index (χ0n) is 10.6. The molecule has 1 rings (SSSR count). The Kier molecular flexibility index (Phi) is 6.62. The maximum atomic E-state index is 4.01. The maximum Gasteiger partial charge on any atom is 0.0371 e. The Morgan fingerprint density at radius 3 is 2.56 bits per heavy atom. The third kappa shape index (κ3) is 5.15. The fraction of sp³-hybridized carbons (Fsp3) is 0.643. The maximum absolute atomic E-state index is 4.01. The largest absolute Gasteiger partial charge is 0.385 e. The molecule has 1 unspecified atom stereocenters. The Hall–Kier alpha value is -1.05. The first kappa shape index (κ1) is 13.0. The molecule has 0 aliphatic carbocycles. The molecule has 1 atom stereocenters. The first-order valence-electron chi connectivity index (χ1n) is 6.50. The van der Waals surface area contributed by atoms with E-state index in [1.807, 2.05) is 24.5 Å². The number of hydrogen-bond acceptors (Lipinski definition) is 2. The zero-order valence-corrected chi connectivity index (χ0v) is 10.6. The first-order chi connectivity index (χ1) is 7.86. The number of unbranched alkanes of at least 4 members (excludes halogenated alkanes) is 1. The van der Waals surface area contributed by atoms with E-state index in [-0.39, 0.29) is 0 Å². The van der Waals surface area contributed by atoms with Crippen molar-refractivity contribution in [2.24, 2.45) is 5.92 Å². The van der Waals surface area contributed by atoms with Crippen molar-refractivity contribution < 1.29 is 0 Å². The van der Waals surface area contributed by atoms with E-state index in [1.165, 1.54) is 37.8 Å². The quantitative estimate of drug-likeness (QED) is 0.713. The molecule has 1 aromatic heterocycles. The van der Waals surface area contributed by atoms with Gasteiger partial charge in [-0.3, -0.25) is 4.98 Å². The van der Waals surface area contributed by atoms with Gasteiger partial charge in [0.2, 0.25) is 0 Å². The highest BCUT2D eigenvalue weighted by molar-refractivity contribution is 5.40. The molecule has 2 heteroatoms. The molecule has 2 nitrogen and oxygen atoms in total. The van der Waals surface area contributed by atoms with Crippen LogP contribution >= 0.6 is 0 Å². The van der Waals surface area contributed by atoms with Gasteiger partial charge >= 0.3 is 0 Å². The number of rotatable bonds is 8. The average Bonchev–Trinajstić information content (AvgIpc) is 2.35. The van der Waals surface area contributed by atoms with E-state index in [4.69, 9.17) is 0 Å². The van der Waals surface area contributed by atoms with Gasteiger partial charge in [-0.05, 0) is 24.5 Å². The SMILES string of the molecule is CCCCC(CC)CCNc1ccncc1. The molecule has 0 saturated carbocycles. The number of anilines is 1. The van der Waals surface area contributed by atoms with Crippen LogP contribution in [0.5, 0.6) is 0 Å². The molecule has 0 bridgehead atoms. The molecule has 0 saturated heterocycles. The highest BCUT2D eigenvalue weighted by Gasteiger charge is 2.04. The van der Waals surface area contributed by atoms with E-state index >= 15 is 0 Å². The van der Waals surface area contributed by atoms with Crippen LogP contribution in [0.3, 0.4) is 0 Å². The van der Waals surface area contributed by atoms with Crippen LogP contribution in [0, 0.1) is 5.92 Å². The van der Waals surface area contributed by atoms with Gasteiger partial charge in [0.05, 0.1) is 0 Å². The summed E-state index contributed by atoms with van der Waals surface area (Å²) in [6.45, 7) is 5.64. The van der Waals surface area contributed by atoms with Crippen molar-refractivity contribution in [3.8, 4) is 0 Å². The topological polar surface area (TPSA) is 24.9 Å². The number of aromatic nitrogens is 1. The summed E-state index contributed by atoms with van der Waals surface area (Å²) < 4.78 is 0. The van der Waals surface area contributed by atoms with E-state index in [0.717, 1.165) is 12.5 Å². The minimum absolute atomic E-state index is 0.884. The molecule has 0 aromatic carbocycles. The van der Waals surface area contributed by atoms with Crippen molar-refractivity contribution in [3.05, 3.63) is 24.5 Å². The average molecular weight is 220 g/mol. The molecule has 1 N–H and O–H groups in total. The van der Waals surface area contributed by atoms with Crippen molar-refractivity contribution in [1.82, 2.24) is 4.98 Å². The lowest BCUT2D eigenvalue weighted by molar-refractivity contribution is 0.431. The molecular formula is C14H24N2. The van der Waals surface area contributed by atoms with Crippen LogP contribution in [-0.2, 0) is 0 Å². The Balaban J connectivity index is 2.18. The van der Waals surface area contributed by atoms with Gasteiger partial charge in [0.15, 0.2) is 0 Å². The monoisotopic (exact) mass is 220 g/mol. The van der Waals surface area contributed by atoms with Crippen LogP contribution < -0.4 is 5.32 Å². The molecule has 1 heterocycles. The minimum atomic E-state index is 0.884. The van der Waals surface area contributed by atoms with Gasteiger partial charge in [-0.25, -0.2) is 0 Å². The fourth-order valence-corrected chi connectivity index (χ4v) is 1.94. The summed E-state index contributed by atoms with van der Waals surface area (Å²) in [6.07, 6.45) is 10.3. The molecule has 0 amide bonds. The summed E-state index contributed by atoms with van der Waals surface area (Å²) in [5.74, 6) is 0.884. The Morgan fingerprint density at radius 2 is 1.94 bits per heavy atom. The summed E-state index contributed by atoms with van der Waals surface area (Å²) in [4.78, 5) is 4.01. The van der Waals surface area contributed by atoms with Crippen molar-refractivity contribution in [3.63, 3.8) is 0 Å². The first-order valence-corrected chi connectivity index (χ1v) is 6.50. The second kappa shape index (κ2) is 8.14. The highest BCUT2D eigenvalue weighted by Crippen LogP contribution is 2.16. The Labute approximate surface area is 99.5 Å². The third-order valence-corrected chi connectivity index (χ3v) is 3.11. The van der Waals surface area contributed by atoms with Gasteiger partial charge in [-0.2, -0.15) is 0 Å². The molecule has 0 spiro atoms. The van der Waals surface area contributed by atoms with Crippen LogP contribution in [-0.4, -0.2) is 11.5 Å². The van der Waals surface area contributed by atoms with Crippen LogP contribution in [0.4, 0.5) is 5.69 Å². The molecule has 16 heavy (non-hydrogen) atoms. The lowest BCUT2D eigenvalue weighted by Gasteiger charge is -2.15. The number of nitrogens with zero attached hydrogens (tertiary/aromatic N) is 1. The highest BCUT2D eigenvalue weighted by atomic mass is 14.9. The minimum Gasteiger partial charge on any atom is -0.385 e. The summed E-state index contributed by atoms with van der Waals surface area (Å²) in [5.41, 5.74) is 1.18. The fourth-order valence-electron chi connectivity index (χ4n) is 1.94. The molecule has 0 radical (unpaired) electrons. The van der Waals surface area contributed by atoms with Crippen LogP contribution in [0.25, 0.3) is 0 Å². The summed E-state index contributed by atoms with van der Waals surface area (Å²) in [5, 5.41) is 3.45. The van der Waals surface area contributed by atoms with E-state index < -0.39 is 0 Å². The van der Waals surface area contributed by atoms with Gasteiger partial charge in [0.1, 0.15) is 0 Å². The van der Waals surface area contributed by atoms with Crippen molar-refractivity contribution >= 4 is 5.69 Å². The smallest absolute Gasteiger partial charge is 0.0371 e. The summed E-state index contributed by atoms with van der Waals surface area (Å²) in [6, 6.07) is 4.04. The van der Waals surface area contributed by atoms with Crippen LogP contribution in [0.15, 0.2) is 24.5 Å². The number of nitrogens with one attached hydrogen (secondary N) is 1. The number of pyridine rings is 1. The normalized spacial score (nSPS) is 12.4. The molecule has 0 fully saturated rings. The second-order valence-corrected chi connectivity index (χ2v) is 4.37. The van der Waals surface area contributed by atoms with Crippen LogP contribution in [0.1, 0.15) is 46.0 Å².